The summed E-state index contributed by atoms with van der Waals surface area (Å²) in [5.74, 6) is -0.497. The Morgan fingerprint density at radius 1 is 1.19 bits per heavy atom. The second-order valence-corrected chi connectivity index (χ2v) is 12.2. The molecule has 0 saturated carbocycles. The molecule has 1 saturated heterocycles. The molecular formula is C23H25BrFNO4S. The highest BCUT2D eigenvalue weighted by Gasteiger charge is 2.61. The summed E-state index contributed by atoms with van der Waals surface area (Å²) in [5.41, 5.74) is 0.972. The van der Waals surface area contributed by atoms with Gasteiger partial charge < -0.3 is 9.64 Å². The van der Waals surface area contributed by atoms with E-state index in [4.69, 9.17) is 4.74 Å². The summed E-state index contributed by atoms with van der Waals surface area (Å²) in [4.78, 5) is 14.6. The Kier molecular flexibility index (Phi) is 5.45. The second kappa shape index (κ2) is 7.59. The molecule has 2 aliphatic rings. The highest BCUT2D eigenvalue weighted by atomic mass is 79.9. The van der Waals surface area contributed by atoms with Gasteiger partial charge in [-0.1, -0.05) is 22.0 Å². The lowest BCUT2D eigenvalue weighted by molar-refractivity contribution is 0.0202. The van der Waals surface area contributed by atoms with Gasteiger partial charge in [0.25, 0.3) is 0 Å². The average Bonchev–Trinajstić information content (AvgIpc) is 3.08. The van der Waals surface area contributed by atoms with E-state index in [2.05, 4.69) is 15.9 Å². The first-order chi connectivity index (χ1) is 14.5. The maximum absolute atomic E-state index is 14.1. The zero-order valence-corrected chi connectivity index (χ0v) is 20.1. The van der Waals surface area contributed by atoms with Crippen LogP contribution < -0.4 is 0 Å². The quantitative estimate of drug-likeness (QED) is 0.521. The van der Waals surface area contributed by atoms with Crippen LogP contribution in [0.5, 0.6) is 0 Å². The smallest absolute Gasteiger partial charge is 0.410 e. The molecular weight excluding hydrogens is 485 g/mol. The maximum Gasteiger partial charge on any atom is 0.410 e. The first-order valence-electron chi connectivity index (χ1n) is 10.2. The molecule has 0 aromatic heterocycles. The van der Waals surface area contributed by atoms with Crippen molar-refractivity contribution in [1.29, 1.82) is 0 Å². The van der Waals surface area contributed by atoms with Gasteiger partial charge in [-0.2, -0.15) is 0 Å². The van der Waals surface area contributed by atoms with E-state index in [-0.39, 0.29) is 17.9 Å². The summed E-state index contributed by atoms with van der Waals surface area (Å²) in [6.45, 7) is 5.64. The van der Waals surface area contributed by atoms with Crippen LogP contribution in [0.15, 0.2) is 51.8 Å². The molecule has 1 aliphatic heterocycles. The summed E-state index contributed by atoms with van der Waals surface area (Å²) in [6.07, 6.45) is 0.905. The number of fused-ring (bicyclic) bond motifs is 3. The first-order valence-corrected chi connectivity index (χ1v) is 12.5. The van der Waals surface area contributed by atoms with Gasteiger partial charge in [-0.25, -0.2) is 17.6 Å². The van der Waals surface area contributed by atoms with Gasteiger partial charge in [-0.3, -0.25) is 0 Å². The second-order valence-electron chi connectivity index (χ2n) is 9.13. The van der Waals surface area contributed by atoms with Crippen molar-refractivity contribution in [3.05, 3.63) is 63.9 Å². The van der Waals surface area contributed by atoms with Crippen molar-refractivity contribution in [2.24, 2.45) is 0 Å². The Morgan fingerprint density at radius 2 is 1.87 bits per heavy atom. The Bertz CT molecular complexity index is 1130. The van der Waals surface area contributed by atoms with Crippen LogP contribution in [-0.2, 0) is 25.7 Å². The monoisotopic (exact) mass is 509 g/mol. The van der Waals surface area contributed by atoms with Gasteiger partial charge >= 0.3 is 6.09 Å². The predicted octanol–water partition coefficient (Wildman–Crippen LogP) is 5.21. The van der Waals surface area contributed by atoms with E-state index in [1.165, 1.54) is 12.1 Å². The Balaban J connectivity index is 1.88. The van der Waals surface area contributed by atoms with Gasteiger partial charge in [0, 0.05) is 11.0 Å². The number of carbonyl (C=O) groups is 1. The van der Waals surface area contributed by atoms with Gasteiger partial charge in [0.15, 0.2) is 9.84 Å². The molecule has 166 valence electrons. The molecule has 2 aromatic carbocycles. The van der Waals surface area contributed by atoms with Crippen LogP contribution >= 0.6 is 15.9 Å². The minimum absolute atomic E-state index is 0.0562. The standard InChI is InChI=1S/C23H25BrFNO4S/c1-22(2,3)30-21(27)26-13-12-23(31(28,29)18-8-6-17(25)7-9-18)19-10-5-16(24)14-15(19)4-11-20(23)26/h5-10,14,20H,4,11-13H2,1-3H3. The average molecular weight is 510 g/mol. The Hall–Kier alpha value is -1.93. The highest BCUT2D eigenvalue weighted by Crippen LogP contribution is 2.53. The van der Waals surface area contributed by atoms with Gasteiger partial charge in [0.2, 0.25) is 0 Å². The molecule has 8 heteroatoms. The highest BCUT2D eigenvalue weighted by molar-refractivity contribution is 9.10. The van der Waals surface area contributed by atoms with Crippen LogP contribution in [0.2, 0.25) is 0 Å². The van der Waals surface area contributed by atoms with Crippen LogP contribution in [0, 0.1) is 5.82 Å². The van der Waals surface area contributed by atoms with Crippen molar-refractivity contribution in [2.45, 2.75) is 61.3 Å². The third-order valence-corrected chi connectivity index (χ3v) is 9.12. The molecule has 2 atom stereocenters. The van der Waals surface area contributed by atoms with Crippen LogP contribution in [-0.4, -0.2) is 37.6 Å². The fourth-order valence-corrected chi connectivity index (χ4v) is 7.63. The minimum Gasteiger partial charge on any atom is -0.444 e. The number of likely N-dealkylation sites (tertiary alicyclic amines) is 1. The molecule has 31 heavy (non-hydrogen) atoms. The molecule has 0 radical (unpaired) electrons. The van der Waals surface area contributed by atoms with Crippen molar-refractivity contribution in [1.82, 2.24) is 4.90 Å². The molecule has 2 unspecified atom stereocenters. The molecule has 1 amide bonds. The summed E-state index contributed by atoms with van der Waals surface area (Å²) < 4.78 is 46.9. The van der Waals surface area contributed by atoms with Gasteiger partial charge in [0.1, 0.15) is 16.2 Å². The third kappa shape index (κ3) is 3.67. The fraction of sp³-hybridized carbons (Fsp3) is 0.435. The lowest BCUT2D eigenvalue weighted by Gasteiger charge is -2.42. The predicted molar refractivity (Wildman–Crippen MR) is 119 cm³/mol. The number of hydrogen-bond donors (Lipinski definition) is 0. The van der Waals surface area contributed by atoms with Crippen LogP contribution in [0.3, 0.4) is 0 Å². The van der Waals surface area contributed by atoms with Crippen molar-refractivity contribution in [3.63, 3.8) is 0 Å². The van der Waals surface area contributed by atoms with Crippen molar-refractivity contribution in [3.8, 4) is 0 Å². The van der Waals surface area contributed by atoms with Crippen molar-refractivity contribution in [2.75, 3.05) is 6.54 Å². The molecule has 1 fully saturated rings. The normalized spacial score (nSPS) is 23.3. The van der Waals surface area contributed by atoms with Gasteiger partial charge in [0.05, 0.1) is 10.9 Å². The third-order valence-electron chi connectivity index (χ3n) is 6.08. The topological polar surface area (TPSA) is 63.7 Å². The van der Waals surface area contributed by atoms with E-state index >= 15 is 0 Å². The Morgan fingerprint density at radius 3 is 2.52 bits per heavy atom. The molecule has 5 nitrogen and oxygen atoms in total. The lowest BCUT2D eigenvalue weighted by Crippen LogP contribution is -2.52. The molecule has 0 N–H and O–H groups in total. The lowest BCUT2D eigenvalue weighted by atomic mass is 9.78. The molecule has 4 rings (SSSR count). The number of amides is 1. The summed E-state index contributed by atoms with van der Waals surface area (Å²) in [5, 5.41) is 0. The number of nitrogens with zero attached hydrogens (tertiary/aromatic N) is 1. The number of aryl methyl sites for hydroxylation is 1. The van der Waals surface area contributed by atoms with E-state index in [0.717, 1.165) is 22.2 Å². The van der Waals surface area contributed by atoms with Crippen LogP contribution in [0.25, 0.3) is 0 Å². The fourth-order valence-electron chi connectivity index (χ4n) is 4.86. The molecule has 0 bridgehead atoms. The van der Waals surface area contributed by atoms with E-state index in [1.54, 1.807) is 25.7 Å². The van der Waals surface area contributed by atoms with E-state index < -0.39 is 38.1 Å². The SMILES string of the molecule is CC(C)(C)OC(=O)N1CCC2(S(=O)(=O)c3ccc(F)cc3)c3ccc(Br)cc3CCC12. The van der Waals surface area contributed by atoms with E-state index in [9.17, 15) is 17.6 Å². The summed E-state index contributed by atoms with van der Waals surface area (Å²) in [6, 6.07) is 9.98. The van der Waals surface area contributed by atoms with Gasteiger partial charge in [-0.05, 0) is 87.6 Å². The minimum atomic E-state index is -3.94. The van der Waals surface area contributed by atoms with Crippen molar-refractivity contribution >= 4 is 31.9 Å². The van der Waals surface area contributed by atoms with Crippen molar-refractivity contribution < 1.29 is 22.3 Å². The summed E-state index contributed by atoms with van der Waals surface area (Å²) >= 11 is 3.48. The largest absolute Gasteiger partial charge is 0.444 e. The van der Waals surface area contributed by atoms with Crippen LogP contribution in [0.1, 0.15) is 44.7 Å². The number of hydrogen-bond acceptors (Lipinski definition) is 4. The van der Waals surface area contributed by atoms with E-state index in [1.807, 2.05) is 18.2 Å². The number of carbonyl (C=O) groups excluding carboxylic acids is 1. The molecule has 1 aliphatic carbocycles. The summed E-state index contributed by atoms with van der Waals surface area (Å²) in [7, 11) is -3.94. The Labute approximate surface area is 190 Å². The zero-order chi connectivity index (χ0) is 22.6. The van der Waals surface area contributed by atoms with E-state index in [0.29, 0.717) is 18.4 Å². The maximum atomic E-state index is 14.1. The molecule has 2 aromatic rings. The first kappa shape index (κ1) is 22.3. The number of sulfone groups is 1. The molecule has 1 heterocycles. The van der Waals surface area contributed by atoms with Crippen LogP contribution in [0.4, 0.5) is 9.18 Å². The molecule has 0 spiro atoms. The number of benzene rings is 2. The number of rotatable bonds is 2. The van der Waals surface area contributed by atoms with Gasteiger partial charge in [-0.15, -0.1) is 0 Å². The number of halogens is 2. The number of ether oxygens (including phenoxy) is 1. The zero-order valence-electron chi connectivity index (χ0n) is 17.7.